The second-order valence-corrected chi connectivity index (χ2v) is 3.02. The van der Waals surface area contributed by atoms with E-state index in [0.29, 0.717) is 5.92 Å². The average Bonchev–Trinajstić information content (AvgIpc) is 2.06. The Morgan fingerprint density at radius 2 is 2.45 bits per heavy atom. The Morgan fingerprint density at radius 1 is 1.55 bits per heavy atom. The van der Waals surface area contributed by atoms with Crippen molar-refractivity contribution in [3.63, 3.8) is 0 Å². The molecule has 0 aliphatic heterocycles. The Morgan fingerprint density at radius 3 is 3.27 bits per heavy atom. The van der Waals surface area contributed by atoms with Crippen molar-refractivity contribution in [2.75, 3.05) is 0 Å². The second kappa shape index (κ2) is 2.50. The summed E-state index contributed by atoms with van der Waals surface area (Å²) in [6.45, 7) is 2.24. The molecule has 1 atom stereocenters. The molecule has 11 heavy (non-hydrogen) atoms. The Labute approximate surface area is 66.8 Å². The molecule has 1 aliphatic carbocycles. The minimum atomic E-state index is 0.642. The summed E-state index contributed by atoms with van der Waals surface area (Å²) in [5.74, 6) is 0.642. The van der Waals surface area contributed by atoms with E-state index in [2.05, 4.69) is 30.1 Å². The van der Waals surface area contributed by atoms with E-state index in [1.165, 1.54) is 5.56 Å². The van der Waals surface area contributed by atoms with Gasteiger partial charge >= 0.3 is 0 Å². The molecule has 0 saturated heterocycles. The lowest BCUT2D eigenvalue weighted by molar-refractivity contribution is 0.764. The molecule has 1 aromatic heterocycles. The lowest BCUT2D eigenvalue weighted by Gasteiger charge is -2.15. The SMILES string of the molecule is C[C@H]1CC=Cc2ncccc21. The molecule has 0 amide bonds. The van der Waals surface area contributed by atoms with Gasteiger partial charge in [0.1, 0.15) is 0 Å². The van der Waals surface area contributed by atoms with Crippen LogP contribution in [0.5, 0.6) is 0 Å². The highest BCUT2D eigenvalue weighted by atomic mass is 14.7. The summed E-state index contributed by atoms with van der Waals surface area (Å²) < 4.78 is 0. The van der Waals surface area contributed by atoms with Gasteiger partial charge in [0.05, 0.1) is 5.69 Å². The van der Waals surface area contributed by atoms with Crippen LogP contribution in [0.4, 0.5) is 0 Å². The smallest absolute Gasteiger partial charge is 0.0661 e. The van der Waals surface area contributed by atoms with Gasteiger partial charge in [-0.05, 0) is 30.0 Å². The zero-order chi connectivity index (χ0) is 7.68. The highest BCUT2D eigenvalue weighted by Crippen LogP contribution is 2.26. The summed E-state index contributed by atoms with van der Waals surface area (Å²) in [7, 11) is 0. The minimum absolute atomic E-state index is 0.642. The van der Waals surface area contributed by atoms with Gasteiger partial charge in [-0.1, -0.05) is 19.1 Å². The quantitative estimate of drug-likeness (QED) is 0.546. The largest absolute Gasteiger partial charge is 0.257 e. The third kappa shape index (κ3) is 1.07. The number of pyridine rings is 1. The third-order valence-corrected chi connectivity index (χ3v) is 2.17. The number of fused-ring (bicyclic) bond motifs is 1. The van der Waals surface area contributed by atoms with Crippen molar-refractivity contribution in [3.8, 4) is 0 Å². The van der Waals surface area contributed by atoms with Crippen LogP contribution >= 0.6 is 0 Å². The van der Waals surface area contributed by atoms with Crippen molar-refractivity contribution in [2.24, 2.45) is 0 Å². The van der Waals surface area contributed by atoms with Gasteiger partial charge in [-0.25, -0.2) is 0 Å². The van der Waals surface area contributed by atoms with E-state index in [0.717, 1.165) is 12.1 Å². The van der Waals surface area contributed by atoms with Gasteiger partial charge < -0.3 is 0 Å². The Hall–Kier alpha value is -1.11. The molecular formula is C10H11N. The van der Waals surface area contributed by atoms with Crippen LogP contribution in [0, 0.1) is 0 Å². The molecule has 0 unspecified atom stereocenters. The highest BCUT2D eigenvalue weighted by molar-refractivity contribution is 5.53. The molecule has 0 spiro atoms. The first-order valence-corrected chi connectivity index (χ1v) is 3.99. The zero-order valence-corrected chi connectivity index (χ0v) is 6.62. The fourth-order valence-corrected chi connectivity index (χ4v) is 1.50. The molecule has 1 aromatic rings. The van der Waals surface area contributed by atoms with Crippen LogP contribution in [0.3, 0.4) is 0 Å². The molecular weight excluding hydrogens is 134 g/mol. The Bertz CT molecular complexity index is 289. The first kappa shape index (κ1) is 6.59. The lowest BCUT2D eigenvalue weighted by Crippen LogP contribution is -2.00. The predicted octanol–water partition coefficient (Wildman–Crippen LogP) is 2.60. The van der Waals surface area contributed by atoms with Crippen molar-refractivity contribution in [3.05, 3.63) is 35.7 Å². The van der Waals surface area contributed by atoms with Gasteiger partial charge in [-0.15, -0.1) is 0 Å². The molecule has 1 heteroatoms. The fourth-order valence-electron chi connectivity index (χ4n) is 1.50. The van der Waals surface area contributed by atoms with Crippen LogP contribution in [0.2, 0.25) is 0 Å². The monoisotopic (exact) mass is 145 g/mol. The molecule has 1 heterocycles. The van der Waals surface area contributed by atoms with Gasteiger partial charge in [-0.2, -0.15) is 0 Å². The zero-order valence-electron chi connectivity index (χ0n) is 6.62. The standard InChI is InChI=1S/C10H11N/c1-8-4-2-6-10-9(8)5-3-7-11-10/h2-3,5-8H,4H2,1H3/t8-/m0/s1. The molecule has 1 nitrogen and oxygen atoms in total. The van der Waals surface area contributed by atoms with Gasteiger partial charge in [0.2, 0.25) is 0 Å². The summed E-state index contributed by atoms with van der Waals surface area (Å²) in [6.07, 6.45) is 7.30. The average molecular weight is 145 g/mol. The van der Waals surface area contributed by atoms with E-state index in [-0.39, 0.29) is 0 Å². The number of nitrogens with zero attached hydrogens (tertiary/aromatic N) is 1. The fraction of sp³-hybridized carbons (Fsp3) is 0.300. The van der Waals surface area contributed by atoms with E-state index in [4.69, 9.17) is 0 Å². The molecule has 0 fully saturated rings. The summed E-state index contributed by atoms with van der Waals surface area (Å²) in [5, 5.41) is 0. The Balaban J connectivity index is 2.54. The van der Waals surface area contributed by atoms with Crippen molar-refractivity contribution in [2.45, 2.75) is 19.3 Å². The molecule has 0 radical (unpaired) electrons. The van der Waals surface area contributed by atoms with Crippen LogP contribution in [-0.4, -0.2) is 4.98 Å². The van der Waals surface area contributed by atoms with E-state index in [9.17, 15) is 0 Å². The molecule has 0 aromatic carbocycles. The first-order chi connectivity index (χ1) is 5.38. The van der Waals surface area contributed by atoms with Crippen LogP contribution in [0.15, 0.2) is 24.4 Å². The molecule has 56 valence electrons. The van der Waals surface area contributed by atoms with Crippen LogP contribution < -0.4 is 0 Å². The van der Waals surface area contributed by atoms with Crippen LogP contribution in [-0.2, 0) is 0 Å². The number of aromatic nitrogens is 1. The Kier molecular flexibility index (Phi) is 1.50. The van der Waals surface area contributed by atoms with E-state index >= 15 is 0 Å². The van der Waals surface area contributed by atoms with E-state index in [1.807, 2.05) is 12.3 Å². The summed E-state index contributed by atoms with van der Waals surface area (Å²) in [6, 6.07) is 4.17. The second-order valence-electron chi connectivity index (χ2n) is 3.02. The van der Waals surface area contributed by atoms with Gasteiger partial charge in [-0.3, -0.25) is 4.98 Å². The summed E-state index contributed by atoms with van der Waals surface area (Å²) >= 11 is 0. The molecule has 0 bridgehead atoms. The maximum absolute atomic E-state index is 4.28. The molecule has 1 aliphatic rings. The highest BCUT2D eigenvalue weighted by Gasteiger charge is 2.11. The topological polar surface area (TPSA) is 12.9 Å². The predicted molar refractivity (Wildman–Crippen MR) is 46.3 cm³/mol. The van der Waals surface area contributed by atoms with Crippen LogP contribution in [0.25, 0.3) is 6.08 Å². The minimum Gasteiger partial charge on any atom is -0.257 e. The van der Waals surface area contributed by atoms with Crippen molar-refractivity contribution < 1.29 is 0 Å². The summed E-state index contributed by atoms with van der Waals surface area (Å²) in [4.78, 5) is 4.28. The molecule has 2 rings (SSSR count). The number of rotatable bonds is 0. The molecule has 0 saturated carbocycles. The van der Waals surface area contributed by atoms with Crippen LogP contribution in [0.1, 0.15) is 30.5 Å². The maximum Gasteiger partial charge on any atom is 0.0661 e. The van der Waals surface area contributed by atoms with Gasteiger partial charge in [0.15, 0.2) is 0 Å². The maximum atomic E-state index is 4.28. The van der Waals surface area contributed by atoms with Gasteiger partial charge in [0.25, 0.3) is 0 Å². The summed E-state index contributed by atoms with van der Waals surface area (Å²) in [5.41, 5.74) is 2.53. The lowest BCUT2D eigenvalue weighted by atomic mass is 9.92. The number of allylic oxidation sites excluding steroid dienone is 1. The van der Waals surface area contributed by atoms with Crippen molar-refractivity contribution >= 4 is 6.08 Å². The third-order valence-electron chi connectivity index (χ3n) is 2.17. The number of hydrogen-bond donors (Lipinski definition) is 0. The van der Waals surface area contributed by atoms with Crippen molar-refractivity contribution in [1.29, 1.82) is 0 Å². The van der Waals surface area contributed by atoms with Crippen molar-refractivity contribution in [1.82, 2.24) is 4.98 Å². The van der Waals surface area contributed by atoms with E-state index in [1.54, 1.807) is 0 Å². The normalized spacial score (nSPS) is 21.4. The first-order valence-electron chi connectivity index (χ1n) is 3.99. The molecule has 0 N–H and O–H groups in total. The number of hydrogen-bond acceptors (Lipinski definition) is 1. The van der Waals surface area contributed by atoms with E-state index < -0.39 is 0 Å². The van der Waals surface area contributed by atoms with Gasteiger partial charge in [0, 0.05) is 6.20 Å².